The predicted octanol–water partition coefficient (Wildman–Crippen LogP) is 2.56. The lowest BCUT2D eigenvalue weighted by Gasteiger charge is -2.26. The number of carbonyl (C=O) groups is 3. The fourth-order valence-corrected chi connectivity index (χ4v) is 2.96. The number of nitrogens with zero attached hydrogens (tertiary/aromatic N) is 2. The van der Waals surface area contributed by atoms with Gasteiger partial charge in [-0.3, -0.25) is 9.69 Å². The number of rotatable bonds is 3. The monoisotopic (exact) mass is 370 g/mol. The summed E-state index contributed by atoms with van der Waals surface area (Å²) in [4.78, 5) is 39.0. The Morgan fingerprint density at radius 2 is 2.12 bits per heavy atom. The number of urea groups is 1. The fraction of sp³-hybridized carbons (Fsp3) is 0.438. The lowest BCUT2D eigenvalue weighted by Crippen LogP contribution is -2.42. The van der Waals surface area contributed by atoms with Gasteiger partial charge in [-0.2, -0.15) is 0 Å². The van der Waals surface area contributed by atoms with Gasteiger partial charge in [0.2, 0.25) is 6.23 Å². The van der Waals surface area contributed by atoms with Gasteiger partial charge < -0.3 is 9.47 Å². The van der Waals surface area contributed by atoms with Crippen molar-refractivity contribution < 1.29 is 28.2 Å². The van der Waals surface area contributed by atoms with Crippen LogP contribution in [-0.4, -0.2) is 48.3 Å². The lowest BCUT2D eigenvalue weighted by molar-refractivity contribution is -0.138. The van der Waals surface area contributed by atoms with E-state index in [4.69, 9.17) is 21.1 Å². The molecule has 0 spiro atoms. The smallest absolute Gasteiger partial charge is 0.339 e. The maximum Gasteiger partial charge on any atom is 0.339 e. The van der Waals surface area contributed by atoms with Gasteiger partial charge >= 0.3 is 12.0 Å². The summed E-state index contributed by atoms with van der Waals surface area (Å²) < 4.78 is 24.7. The van der Waals surface area contributed by atoms with E-state index in [-0.39, 0.29) is 16.3 Å². The summed E-state index contributed by atoms with van der Waals surface area (Å²) >= 11 is 5.92. The van der Waals surface area contributed by atoms with Crippen molar-refractivity contribution >= 4 is 35.2 Å². The minimum absolute atomic E-state index is 0.127. The van der Waals surface area contributed by atoms with E-state index < -0.39 is 36.1 Å². The second-order valence-corrected chi connectivity index (χ2v) is 6.37. The topological polar surface area (TPSA) is 76.2 Å². The zero-order chi connectivity index (χ0) is 18.3. The van der Waals surface area contributed by atoms with E-state index in [0.29, 0.717) is 24.5 Å². The average Bonchev–Trinajstić information content (AvgIpc) is 2.79. The number of anilines is 1. The van der Waals surface area contributed by atoms with Gasteiger partial charge in [0.05, 0.1) is 29.0 Å². The Morgan fingerprint density at radius 1 is 1.40 bits per heavy atom. The third-order valence-corrected chi connectivity index (χ3v) is 4.12. The number of carbonyl (C=O) groups excluding carboxylic acids is 3. The van der Waals surface area contributed by atoms with Crippen LogP contribution in [0.2, 0.25) is 5.02 Å². The first-order valence-corrected chi connectivity index (χ1v) is 8.15. The fourth-order valence-electron chi connectivity index (χ4n) is 2.74. The van der Waals surface area contributed by atoms with E-state index in [0.717, 1.165) is 12.1 Å². The minimum Gasteiger partial charge on any atom is -0.459 e. The number of hydrogen-bond donors (Lipinski definition) is 0. The van der Waals surface area contributed by atoms with Crippen molar-refractivity contribution in [3.8, 4) is 0 Å². The van der Waals surface area contributed by atoms with Crippen molar-refractivity contribution in [1.29, 1.82) is 0 Å². The molecule has 2 fully saturated rings. The van der Waals surface area contributed by atoms with Crippen LogP contribution in [-0.2, 0) is 14.3 Å². The molecule has 7 nitrogen and oxygen atoms in total. The van der Waals surface area contributed by atoms with Crippen LogP contribution in [0.1, 0.15) is 30.6 Å². The van der Waals surface area contributed by atoms with Gasteiger partial charge in [0.1, 0.15) is 5.82 Å². The molecule has 25 heavy (non-hydrogen) atoms. The largest absolute Gasteiger partial charge is 0.459 e. The molecule has 2 saturated heterocycles. The number of ether oxygens (including phenoxy) is 2. The molecule has 2 aliphatic heterocycles. The second-order valence-electron chi connectivity index (χ2n) is 5.96. The summed E-state index contributed by atoms with van der Waals surface area (Å²) in [7, 11) is 0. The highest BCUT2D eigenvalue weighted by atomic mass is 35.5. The van der Waals surface area contributed by atoms with E-state index in [1.165, 1.54) is 4.90 Å². The Morgan fingerprint density at radius 3 is 2.76 bits per heavy atom. The molecule has 3 amide bonds. The molecule has 3 rings (SSSR count). The molecule has 1 atom stereocenters. The molecular weight excluding hydrogens is 355 g/mol. The lowest BCUT2D eigenvalue weighted by atomic mass is 10.1. The molecule has 9 heteroatoms. The van der Waals surface area contributed by atoms with Gasteiger partial charge in [0.25, 0.3) is 5.91 Å². The Hall–Kier alpha value is -2.19. The quantitative estimate of drug-likeness (QED) is 0.603. The first kappa shape index (κ1) is 17.6. The van der Waals surface area contributed by atoms with Crippen molar-refractivity contribution in [3.63, 3.8) is 0 Å². The first-order chi connectivity index (χ1) is 11.8. The van der Waals surface area contributed by atoms with Crippen LogP contribution in [0, 0.1) is 5.82 Å². The Balaban J connectivity index is 2.00. The zero-order valence-electron chi connectivity index (χ0n) is 13.6. The Bertz CT molecular complexity index is 730. The van der Waals surface area contributed by atoms with Gasteiger partial charge in [-0.15, -0.1) is 0 Å². The highest BCUT2D eigenvalue weighted by Crippen LogP contribution is 2.33. The van der Waals surface area contributed by atoms with Crippen molar-refractivity contribution in [2.24, 2.45) is 0 Å². The van der Waals surface area contributed by atoms with E-state index in [1.54, 1.807) is 13.8 Å². The summed E-state index contributed by atoms with van der Waals surface area (Å²) in [6, 6.07) is 1.24. The summed E-state index contributed by atoms with van der Waals surface area (Å²) in [6.45, 7) is 3.98. The van der Waals surface area contributed by atoms with Crippen LogP contribution in [0.3, 0.4) is 0 Å². The normalized spacial score (nSPS) is 20.3. The molecule has 0 aliphatic carbocycles. The number of esters is 1. The number of hydrogen-bond acceptors (Lipinski definition) is 5. The van der Waals surface area contributed by atoms with Crippen molar-refractivity contribution in [1.82, 2.24) is 4.90 Å². The van der Waals surface area contributed by atoms with E-state index in [1.807, 2.05) is 0 Å². The zero-order valence-corrected chi connectivity index (χ0v) is 14.4. The number of fused-ring (bicyclic) bond motifs is 1. The first-order valence-electron chi connectivity index (χ1n) is 7.77. The van der Waals surface area contributed by atoms with Crippen LogP contribution < -0.4 is 4.90 Å². The molecule has 0 N–H and O–H groups in total. The number of halogens is 2. The molecule has 0 aromatic heterocycles. The van der Waals surface area contributed by atoms with Crippen LogP contribution in [0.25, 0.3) is 0 Å². The number of benzene rings is 1. The van der Waals surface area contributed by atoms with Gasteiger partial charge in [0, 0.05) is 6.54 Å². The minimum atomic E-state index is -1.07. The molecule has 1 aromatic rings. The van der Waals surface area contributed by atoms with Crippen LogP contribution in [0.4, 0.5) is 14.9 Å². The van der Waals surface area contributed by atoms with Crippen molar-refractivity contribution in [2.75, 3.05) is 18.1 Å². The molecule has 0 saturated carbocycles. The maximum atomic E-state index is 14.4. The average molecular weight is 371 g/mol. The number of amides is 3. The van der Waals surface area contributed by atoms with Gasteiger partial charge in [-0.05, 0) is 32.4 Å². The molecule has 1 unspecified atom stereocenters. The Kier molecular flexibility index (Phi) is 4.66. The van der Waals surface area contributed by atoms with Crippen LogP contribution in [0.15, 0.2) is 12.1 Å². The molecule has 0 bridgehead atoms. The molecule has 2 heterocycles. The molecule has 2 aliphatic rings. The van der Waals surface area contributed by atoms with Crippen LogP contribution >= 0.6 is 11.6 Å². The SMILES string of the molecule is CC(C)OC(=O)c1cc(N2C(=O)C3OCCCN3C2=O)c(F)cc1Cl. The summed E-state index contributed by atoms with van der Waals surface area (Å²) in [5, 5.41) is -0.167. The summed E-state index contributed by atoms with van der Waals surface area (Å²) in [6.07, 6.45) is -0.893. The van der Waals surface area contributed by atoms with E-state index in [2.05, 4.69) is 0 Å². The third-order valence-electron chi connectivity index (χ3n) is 3.81. The highest BCUT2D eigenvalue weighted by molar-refractivity contribution is 6.34. The van der Waals surface area contributed by atoms with Gasteiger partial charge in [-0.1, -0.05) is 11.6 Å². The van der Waals surface area contributed by atoms with Crippen LogP contribution in [0.5, 0.6) is 0 Å². The van der Waals surface area contributed by atoms with Crippen molar-refractivity contribution in [2.45, 2.75) is 32.6 Å². The number of imide groups is 1. The molecule has 134 valence electrons. The standard InChI is InChI=1S/C16H16ClFN2O5/c1-8(2)25-15(22)9-6-12(11(18)7-10(9)17)20-13(21)14-19(16(20)23)4-3-5-24-14/h6-8,14H,3-5H2,1-2H3. The summed E-state index contributed by atoms with van der Waals surface area (Å²) in [5.41, 5.74) is -0.480. The highest BCUT2D eigenvalue weighted by Gasteiger charge is 2.49. The second kappa shape index (κ2) is 6.61. The third kappa shape index (κ3) is 3.07. The predicted molar refractivity (Wildman–Crippen MR) is 85.9 cm³/mol. The molecular formula is C16H16ClFN2O5. The maximum absolute atomic E-state index is 14.4. The van der Waals surface area contributed by atoms with E-state index in [9.17, 15) is 18.8 Å². The molecule has 1 aromatic carbocycles. The molecule has 0 radical (unpaired) electrons. The van der Waals surface area contributed by atoms with E-state index >= 15 is 0 Å². The summed E-state index contributed by atoms with van der Waals surface area (Å²) in [5.74, 6) is -2.36. The van der Waals surface area contributed by atoms with Gasteiger partial charge in [0.15, 0.2) is 0 Å². The van der Waals surface area contributed by atoms with Gasteiger partial charge in [-0.25, -0.2) is 18.9 Å². The Labute approximate surface area is 148 Å². The van der Waals surface area contributed by atoms with Crippen molar-refractivity contribution in [3.05, 3.63) is 28.5 Å².